The standard InChI is InChI=1S/C16H33N3/c1-4-15(3)18-8-10-19(11-9-18)16(13-17)7-5-6-14(2)12-16/h14-15H,4-13,17H2,1-3H3. The van der Waals surface area contributed by atoms with Crippen molar-refractivity contribution in [2.45, 2.75) is 64.5 Å². The molecule has 1 aliphatic carbocycles. The fourth-order valence-electron chi connectivity index (χ4n) is 4.13. The molecule has 3 nitrogen and oxygen atoms in total. The molecule has 19 heavy (non-hydrogen) atoms. The van der Waals surface area contributed by atoms with Gasteiger partial charge in [-0.05, 0) is 32.1 Å². The maximum atomic E-state index is 6.20. The maximum Gasteiger partial charge on any atom is 0.0335 e. The van der Waals surface area contributed by atoms with Gasteiger partial charge >= 0.3 is 0 Å². The van der Waals surface area contributed by atoms with Gasteiger partial charge in [0.2, 0.25) is 0 Å². The van der Waals surface area contributed by atoms with Crippen LogP contribution in [0.2, 0.25) is 0 Å². The molecule has 3 heteroatoms. The van der Waals surface area contributed by atoms with Gasteiger partial charge in [0.1, 0.15) is 0 Å². The van der Waals surface area contributed by atoms with Crippen LogP contribution in [0.25, 0.3) is 0 Å². The SMILES string of the molecule is CCC(C)N1CCN(C2(CN)CCCC(C)C2)CC1. The Kier molecular flexibility index (Phi) is 5.27. The Morgan fingerprint density at radius 1 is 1.26 bits per heavy atom. The van der Waals surface area contributed by atoms with E-state index in [1.54, 1.807) is 0 Å². The Morgan fingerprint density at radius 3 is 2.47 bits per heavy atom. The van der Waals surface area contributed by atoms with Gasteiger partial charge < -0.3 is 5.73 Å². The molecular weight excluding hydrogens is 234 g/mol. The molecular formula is C16H33N3. The van der Waals surface area contributed by atoms with E-state index in [4.69, 9.17) is 5.73 Å². The summed E-state index contributed by atoms with van der Waals surface area (Å²) in [6, 6.07) is 0.737. The minimum Gasteiger partial charge on any atom is -0.329 e. The average Bonchev–Trinajstić information content (AvgIpc) is 2.46. The van der Waals surface area contributed by atoms with E-state index < -0.39 is 0 Å². The molecule has 2 rings (SSSR count). The highest BCUT2D eigenvalue weighted by atomic mass is 15.3. The minimum atomic E-state index is 0.319. The molecule has 3 unspecified atom stereocenters. The van der Waals surface area contributed by atoms with Gasteiger partial charge in [-0.15, -0.1) is 0 Å². The molecule has 2 fully saturated rings. The number of rotatable bonds is 4. The third kappa shape index (κ3) is 3.32. The number of hydrogen-bond acceptors (Lipinski definition) is 3. The zero-order valence-corrected chi connectivity index (χ0v) is 13.2. The van der Waals surface area contributed by atoms with E-state index >= 15 is 0 Å². The van der Waals surface area contributed by atoms with E-state index in [1.165, 1.54) is 58.3 Å². The molecule has 3 atom stereocenters. The minimum absolute atomic E-state index is 0.319. The number of hydrogen-bond donors (Lipinski definition) is 1. The largest absolute Gasteiger partial charge is 0.329 e. The zero-order chi connectivity index (χ0) is 13.9. The first-order valence-electron chi connectivity index (χ1n) is 8.30. The molecule has 2 N–H and O–H groups in total. The predicted octanol–water partition coefficient (Wildman–Crippen LogP) is 2.31. The molecule has 0 amide bonds. The topological polar surface area (TPSA) is 32.5 Å². The molecule has 1 aliphatic heterocycles. The molecule has 1 saturated carbocycles. The lowest BCUT2D eigenvalue weighted by Crippen LogP contribution is -2.62. The molecule has 0 aromatic heterocycles. The second-order valence-electron chi connectivity index (χ2n) is 6.91. The van der Waals surface area contributed by atoms with E-state index in [-0.39, 0.29) is 0 Å². The van der Waals surface area contributed by atoms with Crippen molar-refractivity contribution in [1.82, 2.24) is 9.80 Å². The second kappa shape index (κ2) is 6.55. The van der Waals surface area contributed by atoms with Crippen molar-refractivity contribution in [3.8, 4) is 0 Å². The third-order valence-electron chi connectivity index (χ3n) is 5.65. The van der Waals surface area contributed by atoms with Gasteiger partial charge in [0.15, 0.2) is 0 Å². The smallest absolute Gasteiger partial charge is 0.0335 e. The molecule has 1 heterocycles. The monoisotopic (exact) mass is 267 g/mol. The molecule has 1 saturated heterocycles. The van der Waals surface area contributed by atoms with Crippen LogP contribution in [0.4, 0.5) is 0 Å². The zero-order valence-electron chi connectivity index (χ0n) is 13.2. The van der Waals surface area contributed by atoms with Gasteiger partial charge in [-0.2, -0.15) is 0 Å². The van der Waals surface area contributed by atoms with Gasteiger partial charge in [0.05, 0.1) is 0 Å². The first kappa shape index (κ1) is 15.3. The summed E-state index contributed by atoms with van der Waals surface area (Å²) < 4.78 is 0. The first-order chi connectivity index (χ1) is 9.11. The van der Waals surface area contributed by atoms with Crippen LogP contribution < -0.4 is 5.73 Å². The summed E-state index contributed by atoms with van der Waals surface area (Å²) in [4.78, 5) is 5.37. The Balaban J connectivity index is 1.95. The van der Waals surface area contributed by atoms with E-state index in [0.29, 0.717) is 5.54 Å². The predicted molar refractivity (Wildman–Crippen MR) is 82.3 cm³/mol. The van der Waals surface area contributed by atoms with E-state index in [9.17, 15) is 0 Å². The van der Waals surface area contributed by atoms with Gasteiger partial charge in [-0.1, -0.05) is 26.7 Å². The molecule has 0 bridgehead atoms. The van der Waals surface area contributed by atoms with Gasteiger partial charge in [-0.3, -0.25) is 9.80 Å². The third-order valence-corrected chi connectivity index (χ3v) is 5.65. The van der Waals surface area contributed by atoms with Crippen molar-refractivity contribution in [2.24, 2.45) is 11.7 Å². The highest BCUT2D eigenvalue weighted by Crippen LogP contribution is 2.36. The number of nitrogens with two attached hydrogens (primary N) is 1. The summed E-state index contributed by atoms with van der Waals surface area (Å²) in [5.41, 5.74) is 6.52. The summed E-state index contributed by atoms with van der Waals surface area (Å²) >= 11 is 0. The fourth-order valence-corrected chi connectivity index (χ4v) is 4.13. The highest BCUT2D eigenvalue weighted by Gasteiger charge is 2.40. The van der Waals surface area contributed by atoms with Gasteiger partial charge in [0, 0.05) is 44.3 Å². The number of nitrogens with zero attached hydrogens (tertiary/aromatic N) is 2. The van der Waals surface area contributed by atoms with Crippen molar-refractivity contribution in [3.63, 3.8) is 0 Å². The van der Waals surface area contributed by atoms with Crippen molar-refractivity contribution in [3.05, 3.63) is 0 Å². The second-order valence-corrected chi connectivity index (χ2v) is 6.91. The van der Waals surface area contributed by atoms with Crippen LogP contribution in [-0.4, -0.2) is 54.1 Å². The Labute approximate surface area is 119 Å². The van der Waals surface area contributed by atoms with Crippen LogP contribution in [0, 0.1) is 5.92 Å². The van der Waals surface area contributed by atoms with Crippen molar-refractivity contribution < 1.29 is 0 Å². The molecule has 0 spiro atoms. The lowest BCUT2D eigenvalue weighted by atomic mass is 9.75. The average molecular weight is 267 g/mol. The number of piperazine rings is 1. The summed E-state index contributed by atoms with van der Waals surface area (Å²) in [5.74, 6) is 0.852. The lowest BCUT2D eigenvalue weighted by molar-refractivity contribution is -0.00757. The molecule has 0 radical (unpaired) electrons. The van der Waals surface area contributed by atoms with E-state index in [1.807, 2.05) is 0 Å². The molecule has 0 aromatic carbocycles. The van der Waals surface area contributed by atoms with E-state index in [0.717, 1.165) is 18.5 Å². The van der Waals surface area contributed by atoms with Crippen LogP contribution in [-0.2, 0) is 0 Å². The Bertz CT molecular complexity index is 273. The lowest BCUT2D eigenvalue weighted by Gasteiger charge is -2.51. The highest BCUT2D eigenvalue weighted by molar-refractivity contribution is 4.97. The summed E-state index contributed by atoms with van der Waals surface area (Å²) in [7, 11) is 0. The van der Waals surface area contributed by atoms with Crippen LogP contribution in [0.15, 0.2) is 0 Å². The molecule has 0 aromatic rings. The van der Waals surface area contributed by atoms with Gasteiger partial charge in [-0.25, -0.2) is 0 Å². The Morgan fingerprint density at radius 2 is 1.95 bits per heavy atom. The van der Waals surface area contributed by atoms with Crippen LogP contribution in [0.5, 0.6) is 0 Å². The van der Waals surface area contributed by atoms with Crippen LogP contribution >= 0.6 is 0 Å². The summed E-state index contributed by atoms with van der Waals surface area (Å²) in [5, 5.41) is 0. The van der Waals surface area contributed by atoms with Crippen molar-refractivity contribution in [1.29, 1.82) is 0 Å². The van der Waals surface area contributed by atoms with Crippen molar-refractivity contribution >= 4 is 0 Å². The Hall–Kier alpha value is -0.120. The quantitative estimate of drug-likeness (QED) is 0.848. The van der Waals surface area contributed by atoms with Crippen LogP contribution in [0.1, 0.15) is 52.9 Å². The summed E-state index contributed by atoms with van der Waals surface area (Å²) in [6.07, 6.45) is 6.65. The summed E-state index contributed by atoms with van der Waals surface area (Å²) in [6.45, 7) is 12.8. The van der Waals surface area contributed by atoms with Crippen molar-refractivity contribution in [2.75, 3.05) is 32.7 Å². The first-order valence-corrected chi connectivity index (χ1v) is 8.30. The van der Waals surface area contributed by atoms with Crippen LogP contribution in [0.3, 0.4) is 0 Å². The molecule has 2 aliphatic rings. The van der Waals surface area contributed by atoms with Gasteiger partial charge in [0.25, 0.3) is 0 Å². The maximum absolute atomic E-state index is 6.20. The van der Waals surface area contributed by atoms with E-state index in [2.05, 4.69) is 30.6 Å². The fraction of sp³-hybridized carbons (Fsp3) is 1.00. The normalized spacial score (nSPS) is 36.3. The molecule has 112 valence electrons.